The fourth-order valence-electron chi connectivity index (χ4n) is 1.75. The van der Waals surface area contributed by atoms with Gasteiger partial charge in [-0.05, 0) is 30.4 Å². The van der Waals surface area contributed by atoms with Crippen LogP contribution in [0, 0.1) is 0 Å². The topological polar surface area (TPSA) is 72.5 Å². The van der Waals surface area contributed by atoms with E-state index < -0.39 is 10.0 Å². The molecule has 0 saturated carbocycles. The first kappa shape index (κ1) is 18.0. The van der Waals surface area contributed by atoms with Crippen LogP contribution in [0.25, 0.3) is 0 Å². The lowest BCUT2D eigenvalue weighted by Gasteiger charge is -2.16. The predicted octanol–water partition coefficient (Wildman–Crippen LogP) is 1.82. The van der Waals surface area contributed by atoms with Gasteiger partial charge in [0.1, 0.15) is 0 Å². The van der Waals surface area contributed by atoms with Gasteiger partial charge in [0.25, 0.3) is 0 Å². The van der Waals surface area contributed by atoms with Crippen molar-refractivity contribution in [3.8, 4) is 0 Å². The maximum absolute atomic E-state index is 12.3. The first-order valence-corrected chi connectivity index (χ1v) is 9.47. The van der Waals surface area contributed by atoms with Gasteiger partial charge < -0.3 is 4.74 Å². The Morgan fingerprint density at radius 1 is 1.33 bits per heavy atom. The monoisotopic (exact) mass is 331 g/mol. The van der Waals surface area contributed by atoms with Crippen LogP contribution in [0.3, 0.4) is 0 Å². The van der Waals surface area contributed by atoms with Gasteiger partial charge in [0.05, 0.1) is 18.4 Å². The summed E-state index contributed by atoms with van der Waals surface area (Å²) in [6, 6.07) is 6.18. The number of rotatable bonds is 8. The fourth-order valence-corrected chi connectivity index (χ4v) is 3.90. The SMILES string of the molecule is CCC(CSC)NS(=O)(=O)c1ccc(CC(=O)OC)cc1. The van der Waals surface area contributed by atoms with E-state index in [0.717, 1.165) is 17.7 Å². The molecule has 1 atom stereocenters. The van der Waals surface area contributed by atoms with Gasteiger partial charge in [-0.2, -0.15) is 11.8 Å². The third-order valence-electron chi connectivity index (χ3n) is 2.99. The summed E-state index contributed by atoms with van der Waals surface area (Å²) >= 11 is 1.60. The third kappa shape index (κ3) is 5.68. The molecule has 0 aliphatic heterocycles. The molecule has 0 amide bonds. The number of thioether (sulfide) groups is 1. The summed E-state index contributed by atoms with van der Waals surface area (Å²) in [4.78, 5) is 11.4. The standard InChI is InChI=1S/C14H21NO4S2/c1-4-12(10-20-3)15-21(17,18)13-7-5-11(6-8-13)9-14(16)19-2/h5-8,12,15H,4,9-10H2,1-3H3. The molecule has 1 aromatic rings. The van der Waals surface area contributed by atoms with Crippen LogP contribution in [0.15, 0.2) is 29.2 Å². The number of ether oxygens (including phenoxy) is 1. The van der Waals surface area contributed by atoms with E-state index in [1.165, 1.54) is 19.2 Å². The zero-order valence-corrected chi connectivity index (χ0v) is 14.1. The molecule has 0 aliphatic carbocycles. The van der Waals surface area contributed by atoms with E-state index in [1.807, 2.05) is 13.2 Å². The van der Waals surface area contributed by atoms with Gasteiger partial charge in [0.2, 0.25) is 10.0 Å². The minimum atomic E-state index is -3.52. The summed E-state index contributed by atoms with van der Waals surface area (Å²) in [5.41, 5.74) is 0.719. The second kappa shape index (κ2) is 8.41. The number of nitrogens with one attached hydrogen (secondary N) is 1. The van der Waals surface area contributed by atoms with Gasteiger partial charge in [-0.3, -0.25) is 4.79 Å². The van der Waals surface area contributed by atoms with Crippen molar-refractivity contribution in [3.05, 3.63) is 29.8 Å². The second-order valence-electron chi connectivity index (χ2n) is 4.58. The summed E-state index contributed by atoms with van der Waals surface area (Å²) < 4.78 is 31.8. The average molecular weight is 331 g/mol. The largest absolute Gasteiger partial charge is 0.469 e. The van der Waals surface area contributed by atoms with Crippen LogP contribution in [0.1, 0.15) is 18.9 Å². The molecule has 0 saturated heterocycles. The van der Waals surface area contributed by atoms with Crippen molar-refractivity contribution in [1.82, 2.24) is 4.72 Å². The average Bonchev–Trinajstić information content (AvgIpc) is 2.47. The smallest absolute Gasteiger partial charge is 0.309 e. The highest BCUT2D eigenvalue weighted by atomic mass is 32.2. The van der Waals surface area contributed by atoms with Gasteiger partial charge in [0, 0.05) is 11.8 Å². The number of benzene rings is 1. The van der Waals surface area contributed by atoms with Crippen molar-refractivity contribution in [2.45, 2.75) is 30.7 Å². The Hall–Kier alpha value is -1.05. The number of hydrogen-bond donors (Lipinski definition) is 1. The fraction of sp³-hybridized carbons (Fsp3) is 0.500. The molecule has 1 N–H and O–H groups in total. The lowest BCUT2D eigenvalue weighted by atomic mass is 10.2. The molecule has 1 aromatic carbocycles. The van der Waals surface area contributed by atoms with Crippen molar-refractivity contribution in [1.29, 1.82) is 0 Å². The number of sulfonamides is 1. The van der Waals surface area contributed by atoms with E-state index in [2.05, 4.69) is 9.46 Å². The Bertz CT molecular complexity index is 555. The molecule has 21 heavy (non-hydrogen) atoms. The normalized spacial score (nSPS) is 12.9. The van der Waals surface area contributed by atoms with Gasteiger partial charge in [0.15, 0.2) is 0 Å². The highest BCUT2D eigenvalue weighted by Gasteiger charge is 2.18. The number of esters is 1. The van der Waals surface area contributed by atoms with E-state index in [-0.39, 0.29) is 23.3 Å². The summed E-state index contributed by atoms with van der Waals surface area (Å²) in [5.74, 6) is 0.380. The Kier molecular flexibility index (Phi) is 7.21. The van der Waals surface area contributed by atoms with Crippen LogP contribution in [0.4, 0.5) is 0 Å². The minimum Gasteiger partial charge on any atom is -0.469 e. The number of methoxy groups -OCH3 is 1. The molecule has 1 unspecified atom stereocenters. The Balaban J connectivity index is 2.82. The molecular weight excluding hydrogens is 310 g/mol. The number of carbonyl (C=O) groups is 1. The molecule has 0 radical (unpaired) electrons. The summed E-state index contributed by atoms with van der Waals surface area (Å²) in [5, 5.41) is 0. The molecule has 0 spiro atoms. The Morgan fingerprint density at radius 3 is 2.43 bits per heavy atom. The van der Waals surface area contributed by atoms with Crippen LogP contribution in [-0.2, 0) is 26.0 Å². The second-order valence-corrected chi connectivity index (χ2v) is 7.20. The number of hydrogen-bond acceptors (Lipinski definition) is 5. The maximum Gasteiger partial charge on any atom is 0.309 e. The predicted molar refractivity (Wildman–Crippen MR) is 84.9 cm³/mol. The molecule has 0 aliphatic rings. The molecule has 0 fully saturated rings. The van der Waals surface area contributed by atoms with Gasteiger partial charge in [-0.1, -0.05) is 19.1 Å². The molecule has 5 nitrogen and oxygen atoms in total. The highest BCUT2D eigenvalue weighted by Crippen LogP contribution is 2.13. The summed E-state index contributed by atoms with van der Waals surface area (Å²) in [6.45, 7) is 1.95. The summed E-state index contributed by atoms with van der Waals surface area (Å²) in [7, 11) is -2.20. The van der Waals surface area contributed by atoms with Crippen LogP contribution in [0.2, 0.25) is 0 Å². The van der Waals surface area contributed by atoms with Crippen molar-refractivity contribution in [2.24, 2.45) is 0 Å². The first-order chi connectivity index (χ1) is 9.92. The van der Waals surface area contributed by atoms with E-state index in [0.29, 0.717) is 0 Å². The molecule has 0 aromatic heterocycles. The lowest BCUT2D eigenvalue weighted by Crippen LogP contribution is -2.36. The number of carbonyl (C=O) groups excluding carboxylic acids is 1. The van der Waals surface area contributed by atoms with Crippen LogP contribution < -0.4 is 4.72 Å². The third-order valence-corrected chi connectivity index (χ3v) is 5.26. The van der Waals surface area contributed by atoms with E-state index in [9.17, 15) is 13.2 Å². The first-order valence-electron chi connectivity index (χ1n) is 6.60. The minimum absolute atomic E-state index is 0.0836. The highest BCUT2D eigenvalue weighted by molar-refractivity contribution is 7.98. The van der Waals surface area contributed by atoms with Crippen LogP contribution in [0.5, 0.6) is 0 Å². The Morgan fingerprint density at radius 2 is 1.95 bits per heavy atom. The van der Waals surface area contributed by atoms with Gasteiger partial charge >= 0.3 is 5.97 Å². The molecule has 7 heteroatoms. The maximum atomic E-state index is 12.3. The quantitative estimate of drug-likeness (QED) is 0.736. The van der Waals surface area contributed by atoms with Crippen molar-refractivity contribution >= 4 is 27.8 Å². The molecular formula is C14H21NO4S2. The Labute approximate surface area is 130 Å². The lowest BCUT2D eigenvalue weighted by molar-refractivity contribution is -0.139. The van der Waals surface area contributed by atoms with Gasteiger partial charge in [-0.25, -0.2) is 13.1 Å². The van der Waals surface area contributed by atoms with Crippen LogP contribution >= 0.6 is 11.8 Å². The van der Waals surface area contributed by atoms with Crippen molar-refractivity contribution in [2.75, 3.05) is 19.1 Å². The van der Waals surface area contributed by atoms with E-state index in [4.69, 9.17) is 0 Å². The zero-order chi connectivity index (χ0) is 15.9. The molecule has 1 rings (SSSR count). The van der Waals surface area contributed by atoms with E-state index in [1.54, 1.807) is 23.9 Å². The summed E-state index contributed by atoms with van der Waals surface area (Å²) in [6.07, 6.45) is 2.81. The molecule has 0 bridgehead atoms. The van der Waals surface area contributed by atoms with Crippen molar-refractivity contribution < 1.29 is 17.9 Å². The molecule has 0 heterocycles. The molecule has 118 valence electrons. The van der Waals surface area contributed by atoms with Gasteiger partial charge in [-0.15, -0.1) is 0 Å². The zero-order valence-electron chi connectivity index (χ0n) is 12.5. The van der Waals surface area contributed by atoms with Crippen LogP contribution in [-0.4, -0.2) is 39.5 Å². The van der Waals surface area contributed by atoms with Crippen molar-refractivity contribution in [3.63, 3.8) is 0 Å². The van der Waals surface area contributed by atoms with E-state index >= 15 is 0 Å².